The number of hydrogen-bond acceptors (Lipinski definition) is 3. The zero-order valence-corrected chi connectivity index (χ0v) is 7.15. The SMILES string of the molecule is CC1N(C)C=CC(C#N)N1C. The van der Waals surface area contributed by atoms with Gasteiger partial charge in [-0.05, 0) is 26.2 Å². The van der Waals surface area contributed by atoms with Crippen LogP contribution in [0.2, 0.25) is 0 Å². The van der Waals surface area contributed by atoms with Crippen LogP contribution in [0.1, 0.15) is 6.92 Å². The van der Waals surface area contributed by atoms with Gasteiger partial charge in [-0.3, -0.25) is 4.90 Å². The molecule has 1 aliphatic rings. The fourth-order valence-corrected chi connectivity index (χ4v) is 1.13. The summed E-state index contributed by atoms with van der Waals surface area (Å²) < 4.78 is 0. The van der Waals surface area contributed by atoms with Crippen LogP contribution in [0.15, 0.2) is 12.3 Å². The number of hydrogen-bond donors (Lipinski definition) is 0. The first-order chi connectivity index (χ1) is 5.16. The van der Waals surface area contributed by atoms with E-state index in [1.54, 1.807) is 0 Å². The van der Waals surface area contributed by atoms with Gasteiger partial charge in [0.05, 0.1) is 12.2 Å². The minimum atomic E-state index is -0.0683. The Balaban J connectivity index is 2.78. The third kappa shape index (κ3) is 1.36. The third-order valence-electron chi connectivity index (χ3n) is 2.25. The summed E-state index contributed by atoms with van der Waals surface area (Å²) in [5.74, 6) is 0. The third-order valence-corrected chi connectivity index (χ3v) is 2.25. The van der Waals surface area contributed by atoms with Crippen LogP contribution in [0.4, 0.5) is 0 Å². The van der Waals surface area contributed by atoms with Crippen molar-refractivity contribution in [3.05, 3.63) is 12.3 Å². The molecule has 3 nitrogen and oxygen atoms in total. The number of rotatable bonds is 0. The monoisotopic (exact) mass is 151 g/mol. The predicted molar refractivity (Wildman–Crippen MR) is 43.5 cm³/mol. The van der Waals surface area contributed by atoms with Crippen LogP contribution in [-0.2, 0) is 0 Å². The first-order valence-corrected chi connectivity index (χ1v) is 3.68. The Hall–Kier alpha value is -1.01. The van der Waals surface area contributed by atoms with Crippen LogP contribution in [0.3, 0.4) is 0 Å². The Bertz CT molecular complexity index is 204. The largest absolute Gasteiger partial charge is 0.365 e. The van der Waals surface area contributed by atoms with Gasteiger partial charge in [-0.15, -0.1) is 0 Å². The Morgan fingerprint density at radius 1 is 1.45 bits per heavy atom. The number of nitrogens with zero attached hydrogens (tertiary/aromatic N) is 3. The highest BCUT2D eigenvalue weighted by atomic mass is 15.3. The highest BCUT2D eigenvalue weighted by Crippen LogP contribution is 2.12. The second kappa shape index (κ2) is 2.93. The van der Waals surface area contributed by atoms with Gasteiger partial charge in [0.25, 0.3) is 0 Å². The van der Waals surface area contributed by atoms with Gasteiger partial charge >= 0.3 is 0 Å². The zero-order chi connectivity index (χ0) is 8.43. The molecule has 0 spiro atoms. The summed E-state index contributed by atoms with van der Waals surface area (Å²) in [4.78, 5) is 4.11. The van der Waals surface area contributed by atoms with Crippen LogP contribution >= 0.6 is 0 Å². The maximum absolute atomic E-state index is 8.70. The summed E-state index contributed by atoms with van der Waals surface area (Å²) >= 11 is 0. The molecule has 2 unspecified atom stereocenters. The van der Waals surface area contributed by atoms with E-state index in [0.717, 1.165) is 0 Å². The van der Waals surface area contributed by atoms with Gasteiger partial charge in [-0.1, -0.05) is 0 Å². The molecule has 0 fully saturated rings. The quantitative estimate of drug-likeness (QED) is 0.508. The van der Waals surface area contributed by atoms with Gasteiger partial charge in [-0.2, -0.15) is 5.26 Å². The first kappa shape index (κ1) is 8.09. The highest BCUT2D eigenvalue weighted by molar-refractivity contribution is 5.10. The van der Waals surface area contributed by atoms with Crippen molar-refractivity contribution in [1.29, 1.82) is 5.26 Å². The van der Waals surface area contributed by atoms with Gasteiger partial charge in [0.1, 0.15) is 6.04 Å². The number of likely N-dealkylation sites (N-methyl/N-ethyl adjacent to an activating group) is 1. The first-order valence-electron chi connectivity index (χ1n) is 3.68. The maximum atomic E-state index is 8.70. The molecule has 0 aromatic rings. The van der Waals surface area contributed by atoms with Crippen LogP contribution in [0, 0.1) is 11.3 Å². The van der Waals surface area contributed by atoms with Crippen LogP contribution < -0.4 is 0 Å². The molecule has 0 amide bonds. The molecule has 11 heavy (non-hydrogen) atoms. The normalized spacial score (nSPS) is 32.0. The highest BCUT2D eigenvalue weighted by Gasteiger charge is 2.22. The fraction of sp³-hybridized carbons (Fsp3) is 0.625. The summed E-state index contributed by atoms with van der Waals surface area (Å²) in [5.41, 5.74) is 0. The number of nitriles is 1. The Labute approximate surface area is 67.5 Å². The molecule has 1 aliphatic heterocycles. The molecular formula is C8H13N3. The molecular weight excluding hydrogens is 138 g/mol. The second-order valence-corrected chi connectivity index (χ2v) is 2.88. The van der Waals surface area contributed by atoms with Crippen molar-refractivity contribution in [2.75, 3.05) is 14.1 Å². The lowest BCUT2D eigenvalue weighted by Gasteiger charge is -2.37. The zero-order valence-electron chi connectivity index (χ0n) is 7.15. The van der Waals surface area contributed by atoms with Crippen molar-refractivity contribution < 1.29 is 0 Å². The molecule has 2 atom stereocenters. The van der Waals surface area contributed by atoms with E-state index in [1.165, 1.54) is 0 Å². The van der Waals surface area contributed by atoms with Crippen molar-refractivity contribution >= 4 is 0 Å². The summed E-state index contributed by atoms with van der Waals surface area (Å²) in [5, 5.41) is 8.70. The standard InChI is InChI=1S/C8H13N3/c1-7-10(2)5-4-8(6-9)11(7)3/h4-5,7-8H,1-3H3. The minimum Gasteiger partial charge on any atom is -0.365 e. The van der Waals surface area contributed by atoms with Crippen LogP contribution in [0.25, 0.3) is 0 Å². The van der Waals surface area contributed by atoms with Crippen molar-refractivity contribution in [1.82, 2.24) is 9.80 Å². The van der Waals surface area contributed by atoms with Gasteiger partial charge < -0.3 is 4.90 Å². The summed E-state index contributed by atoms with van der Waals surface area (Å²) in [7, 11) is 3.96. The van der Waals surface area contributed by atoms with E-state index in [4.69, 9.17) is 5.26 Å². The van der Waals surface area contributed by atoms with Crippen molar-refractivity contribution in [3.63, 3.8) is 0 Å². The molecule has 0 aromatic carbocycles. The van der Waals surface area contributed by atoms with Crippen molar-refractivity contribution in [2.45, 2.75) is 19.1 Å². The van der Waals surface area contributed by atoms with Crippen LogP contribution in [-0.4, -0.2) is 36.1 Å². The van der Waals surface area contributed by atoms with Gasteiger partial charge in [0, 0.05) is 7.05 Å². The summed E-state index contributed by atoms with van der Waals surface area (Å²) in [6.45, 7) is 2.08. The molecule has 0 aromatic heterocycles. The molecule has 0 radical (unpaired) electrons. The van der Waals surface area contributed by atoms with E-state index in [9.17, 15) is 0 Å². The van der Waals surface area contributed by atoms with Crippen LogP contribution in [0.5, 0.6) is 0 Å². The molecule has 1 heterocycles. The molecule has 0 saturated heterocycles. The molecule has 1 rings (SSSR count). The molecule has 0 aliphatic carbocycles. The van der Waals surface area contributed by atoms with Gasteiger partial charge in [0.2, 0.25) is 0 Å². The predicted octanol–water partition coefficient (Wildman–Crippen LogP) is 0.615. The topological polar surface area (TPSA) is 30.3 Å². The van der Waals surface area contributed by atoms with Gasteiger partial charge in [0.15, 0.2) is 0 Å². The Kier molecular flexibility index (Phi) is 2.16. The summed E-state index contributed by atoms with van der Waals surface area (Å²) in [6, 6.07) is 2.15. The maximum Gasteiger partial charge on any atom is 0.119 e. The molecule has 0 saturated carbocycles. The van der Waals surface area contributed by atoms with E-state index in [2.05, 4.69) is 17.9 Å². The van der Waals surface area contributed by atoms with E-state index < -0.39 is 0 Å². The van der Waals surface area contributed by atoms with Gasteiger partial charge in [-0.25, -0.2) is 0 Å². The molecule has 60 valence electrons. The molecule has 0 N–H and O–H groups in total. The Morgan fingerprint density at radius 3 is 2.64 bits per heavy atom. The lowest BCUT2D eigenvalue weighted by Crippen LogP contribution is -2.47. The lowest BCUT2D eigenvalue weighted by atomic mass is 10.2. The van der Waals surface area contributed by atoms with Crippen molar-refractivity contribution in [2.24, 2.45) is 0 Å². The average molecular weight is 151 g/mol. The molecule has 3 heteroatoms. The second-order valence-electron chi connectivity index (χ2n) is 2.88. The van der Waals surface area contributed by atoms with E-state index in [0.29, 0.717) is 6.17 Å². The Morgan fingerprint density at radius 2 is 2.09 bits per heavy atom. The lowest BCUT2D eigenvalue weighted by molar-refractivity contribution is 0.113. The van der Waals surface area contributed by atoms with E-state index >= 15 is 0 Å². The minimum absolute atomic E-state index is 0.0683. The smallest absolute Gasteiger partial charge is 0.119 e. The van der Waals surface area contributed by atoms with E-state index in [-0.39, 0.29) is 6.04 Å². The fourth-order valence-electron chi connectivity index (χ4n) is 1.13. The van der Waals surface area contributed by atoms with E-state index in [1.807, 2.05) is 31.3 Å². The van der Waals surface area contributed by atoms with Crippen molar-refractivity contribution in [3.8, 4) is 6.07 Å². The molecule has 0 bridgehead atoms. The summed E-state index contributed by atoms with van der Waals surface area (Å²) in [6.07, 6.45) is 4.17. The average Bonchev–Trinajstić information content (AvgIpc) is 2.01.